The standard InChI is InChI=1S/C17H23N5O2/c1-4-15-19-17(24-20-15)12(2)21-7-9-22(10-8-21)16-6-5-14(11-18-16)13(3)23/h5-6,11-12H,4,7-10H2,1-3H3. The van der Waals surface area contributed by atoms with Crippen molar-refractivity contribution in [3.8, 4) is 0 Å². The van der Waals surface area contributed by atoms with Crippen molar-refractivity contribution in [1.29, 1.82) is 0 Å². The Kier molecular flexibility index (Phi) is 4.89. The molecule has 128 valence electrons. The summed E-state index contributed by atoms with van der Waals surface area (Å²) in [6.45, 7) is 9.24. The van der Waals surface area contributed by atoms with Gasteiger partial charge in [-0.1, -0.05) is 12.1 Å². The molecule has 7 heteroatoms. The van der Waals surface area contributed by atoms with Gasteiger partial charge in [-0.3, -0.25) is 9.69 Å². The van der Waals surface area contributed by atoms with Gasteiger partial charge in [0.2, 0.25) is 5.89 Å². The molecule has 0 N–H and O–H groups in total. The van der Waals surface area contributed by atoms with Crippen LogP contribution in [0.15, 0.2) is 22.9 Å². The lowest BCUT2D eigenvalue weighted by molar-refractivity contribution is 0.101. The van der Waals surface area contributed by atoms with Gasteiger partial charge in [0.15, 0.2) is 11.6 Å². The summed E-state index contributed by atoms with van der Waals surface area (Å²) in [6.07, 6.45) is 2.43. The molecule has 1 atom stereocenters. The van der Waals surface area contributed by atoms with Crippen molar-refractivity contribution in [3.05, 3.63) is 35.6 Å². The van der Waals surface area contributed by atoms with Gasteiger partial charge in [0.05, 0.1) is 6.04 Å². The molecule has 2 aromatic rings. The van der Waals surface area contributed by atoms with Crippen LogP contribution in [0.25, 0.3) is 0 Å². The lowest BCUT2D eigenvalue weighted by atomic mass is 10.2. The zero-order chi connectivity index (χ0) is 17.1. The van der Waals surface area contributed by atoms with Crippen molar-refractivity contribution < 1.29 is 9.32 Å². The van der Waals surface area contributed by atoms with Crippen molar-refractivity contribution in [2.45, 2.75) is 33.2 Å². The second-order valence-corrected chi connectivity index (χ2v) is 6.06. The number of hydrogen-bond acceptors (Lipinski definition) is 7. The van der Waals surface area contributed by atoms with Gasteiger partial charge in [-0.05, 0) is 26.0 Å². The number of hydrogen-bond donors (Lipinski definition) is 0. The van der Waals surface area contributed by atoms with E-state index in [-0.39, 0.29) is 11.8 Å². The molecule has 1 aliphatic rings. The molecule has 0 saturated carbocycles. The maximum Gasteiger partial charge on any atom is 0.243 e. The molecule has 1 unspecified atom stereocenters. The van der Waals surface area contributed by atoms with E-state index >= 15 is 0 Å². The highest BCUT2D eigenvalue weighted by atomic mass is 16.5. The molecule has 1 aliphatic heterocycles. The smallest absolute Gasteiger partial charge is 0.243 e. The first-order valence-electron chi connectivity index (χ1n) is 8.37. The summed E-state index contributed by atoms with van der Waals surface area (Å²) in [7, 11) is 0. The lowest BCUT2D eigenvalue weighted by Gasteiger charge is -2.37. The molecular weight excluding hydrogens is 306 g/mol. The Morgan fingerprint density at radius 2 is 2.04 bits per heavy atom. The summed E-state index contributed by atoms with van der Waals surface area (Å²) in [5.74, 6) is 2.39. The summed E-state index contributed by atoms with van der Waals surface area (Å²) in [6, 6.07) is 3.87. The number of pyridine rings is 1. The number of nitrogens with zero attached hydrogens (tertiary/aromatic N) is 5. The van der Waals surface area contributed by atoms with E-state index in [1.807, 2.05) is 19.1 Å². The van der Waals surface area contributed by atoms with Crippen LogP contribution >= 0.6 is 0 Å². The number of Topliss-reactive ketones (excluding diaryl/α,β-unsaturated/α-hetero) is 1. The second-order valence-electron chi connectivity index (χ2n) is 6.06. The number of rotatable bonds is 5. The molecule has 7 nitrogen and oxygen atoms in total. The molecule has 0 amide bonds. The van der Waals surface area contributed by atoms with E-state index in [9.17, 15) is 4.79 Å². The summed E-state index contributed by atoms with van der Waals surface area (Å²) in [5.41, 5.74) is 0.647. The highest BCUT2D eigenvalue weighted by Crippen LogP contribution is 2.22. The fourth-order valence-corrected chi connectivity index (χ4v) is 2.86. The van der Waals surface area contributed by atoms with Gasteiger partial charge >= 0.3 is 0 Å². The monoisotopic (exact) mass is 329 g/mol. The van der Waals surface area contributed by atoms with Crippen molar-refractivity contribution >= 4 is 11.6 Å². The zero-order valence-electron chi connectivity index (χ0n) is 14.4. The number of carbonyl (C=O) groups is 1. The molecule has 0 radical (unpaired) electrons. The second kappa shape index (κ2) is 7.09. The molecule has 0 bridgehead atoms. The van der Waals surface area contributed by atoms with Gasteiger partial charge in [-0.25, -0.2) is 4.98 Å². The summed E-state index contributed by atoms with van der Waals surface area (Å²) >= 11 is 0. The number of aryl methyl sites for hydroxylation is 1. The summed E-state index contributed by atoms with van der Waals surface area (Å²) < 4.78 is 5.36. The molecule has 0 aromatic carbocycles. The van der Waals surface area contributed by atoms with Crippen LogP contribution in [0, 0.1) is 0 Å². The number of ketones is 1. The van der Waals surface area contributed by atoms with Crippen LogP contribution in [0.1, 0.15) is 48.9 Å². The van der Waals surface area contributed by atoms with Crippen molar-refractivity contribution in [2.24, 2.45) is 0 Å². The lowest BCUT2D eigenvalue weighted by Crippen LogP contribution is -2.47. The number of anilines is 1. The minimum atomic E-state index is 0.0405. The van der Waals surface area contributed by atoms with Crippen LogP contribution in [0.4, 0.5) is 5.82 Å². The number of piperazine rings is 1. The van der Waals surface area contributed by atoms with Gasteiger partial charge in [-0.2, -0.15) is 4.98 Å². The Bertz CT molecular complexity index is 689. The summed E-state index contributed by atoms with van der Waals surface area (Å²) in [5, 5.41) is 3.97. The maximum atomic E-state index is 11.3. The van der Waals surface area contributed by atoms with Crippen LogP contribution in [0.5, 0.6) is 0 Å². The first-order valence-corrected chi connectivity index (χ1v) is 8.37. The maximum absolute atomic E-state index is 11.3. The van der Waals surface area contributed by atoms with E-state index in [1.54, 1.807) is 13.1 Å². The van der Waals surface area contributed by atoms with E-state index < -0.39 is 0 Å². The average Bonchev–Trinajstić information content (AvgIpc) is 3.10. The van der Waals surface area contributed by atoms with Gasteiger partial charge in [0.1, 0.15) is 5.82 Å². The number of aromatic nitrogens is 3. The van der Waals surface area contributed by atoms with E-state index in [0.717, 1.165) is 44.2 Å². The fraction of sp³-hybridized carbons (Fsp3) is 0.529. The van der Waals surface area contributed by atoms with Gasteiger partial charge < -0.3 is 9.42 Å². The minimum Gasteiger partial charge on any atom is -0.354 e. The number of carbonyl (C=O) groups excluding carboxylic acids is 1. The molecule has 0 aliphatic carbocycles. The van der Waals surface area contributed by atoms with E-state index in [0.29, 0.717) is 11.5 Å². The van der Waals surface area contributed by atoms with Gasteiger partial charge in [-0.15, -0.1) is 0 Å². The first-order chi connectivity index (χ1) is 11.6. The normalized spacial score (nSPS) is 17.0. The topological polar surface area (TPSA) is 75.4 Å². The average molecular weight is 329 g/mol. The Morgan fingerprint density at radius 3 is 2.58 bits per heavy atom. The van der Waals surface area contributed by atoms with Crippen molar-refractivity contribution in [3.63, 3.8) is 0 Å². The third-order valence-electron chi connectivity index (χ3n) is 4.50. The van der Waals surface area contributed by atoms with Crippen LogP contribution in [0.2, 0.25) is 0 Å². The Labute approximate surface area is 141 Å². The molecule has 2 aromatic heterocycles. The Balaban J connectivity index is 1.59. The minimum absolute atomic E-state index is 0.0405. The Morgan fingerprint density at radius 1 is 1.29 bits per heavy atom. The predicted octanol–water partition coefficient (Wildman–Crippen LogP) is 2.11. The third kappa shape index (κ3) is 3.46. The summed E-state index contributed by atoms with van der Waals surface area (Å²) in [4.78, 5) is 24.7. The van der Waals surface area contributed by atoms with Crippen molar-refractivity contribution in [2.75, 3.05) is 31.1 Å². The molecule has 0 spiro atoms. The van der Waals surface area contributed by atoms with Crippen LogP contribution in [0.3, 0.4) is 0 Å². The molecule has 3 rings (SSSR count). The zero-order valence-corrected chi connectivity index (χ0v) is 14.4. The van der Waals surface area contributed by atoms with E-state index in [1.165, 1.54) is 0 Å². The first kappa shape index (κ1) is 16.6. The largest absolute Gasteiger partial charge is 0.354 e. The molecular formula is C17H23N5O2. The van der Waals surface area contributed by atoms with E-state index in [4.69, 9.17) is 4.52 Å². The quantitative estimate of drug-likeness (QED) is 0.778. The predicted molar refractivity (Wildman–Crippen MR) is 90.1 cm³/mol. The Hall–Kier alpha value is -2.28. The SMILES string of the molecule is CCc1noc(C(C)N2CCN(c3ccc(C(C)=O)cn3)CC2)n1. The molecule has 3 heterocycles. The van der Waals surface area contributed by atoms with Crippen LogP contribution in [-0.4, -0.2) is 52.0 Å². The highest BCUT2D eigenvalue weighted by Gasteiger charge is 2.26. The van der Waals surface area contributed by atoms with Gasteiger partial charge in [0.25, 0.3) is 0 Å². The van der Waals surface area contributed by atoms with Crippen LogP contribution < -0.4 is 4.90 Å². The van der Waals surface area contributed by atoms with Crippen LogP contribution in [-0.2, 0) is 6.42 Å². The highest BCUT2D eigenvalue weighted by molar-refractivity contribution is 5.93. The third-order valence-corrected chi connectivity index (χ3v) is 4.50. The fourth-order valence-electron chi connectivity index (χ4n) is 2.86. The van der Waals surface area contributed by atoms with Gasteiger partial charge in [0, 0.05) is 44.4 Å². The molecule has 1 fully saturated rings. The molecule has 24 heavy (non-hydrogen) atoms. The molecule has 1 saturated heterocycles. The van der Waals surface area contributed by atoms with E-state index in [2.05, 4.69) is 31.8 Å². The van der Waals surface area contributed by atoms with Crippen molar-refractivity contribution in [1.82, 2.24) is 20.0 Å².